The molecule has 4 aliphatic heterocycles. The van der Waals surface area contributed by atoms with E-state index in [1.54, 1.807) is 11.0 Å². The minimum atomic E-state index is -1.54. The summed E-state index contributed by atoms with van der Waals surface area (Å²) in [5, 5.41) is 13.9. The number of cyclic esters (lactones) is 1. The number of likely N-dealkylation sites (tertiary alicyclic amines) is 1. The number of amides is 3. The lowest BCUT2D eigenvalue weighted by atomic mass is 9.74. The molecule has 5 bridgehead atoms. The van der Waals surface area contributed by atoms with Crippen molar-refractivity contribution in [3.8, 4) is 0 Å². The lowest BCUT2D eigenvalue weighted by molar-refractivity contribution is -0.160. The van der Waals surface area contributed by atoms with E-state index in [0.717, 1.165) is 24.3 Å². The standard InChI is InChI=1S/C43H47BrN4O7/c1-3-46(4-2)30-19-21-31(22-20-30)47-23-13-7-12-18-35(50)45-26-34(29-16-10-6-11-17-29)54-42(53)36-37-40(51)48(32(27-49)24-28-14-8-5-9-15-28)39(41(47)52)43(37)25-33(44)38(36)55-43/h5-11,13-17,19-22,25,32,34,36-39,49H,3-4,12,18,23-24,26-27H2,1-2H3,(H,45,50)/b13-7-/t32-,34-,36-,37+,38-,39-,43+/m1/s1. The first kappa shape index (κ1) is 38.5. The molecule has 3 aromatic rings. The van der Waals surface area contributed by atoms with Crippen LogP contribution in [0.4, 0.5) is 11.4 Å². The third-order valence-corrected chi connectivity index (χ3v) is 11.9. The Morgan fingerprint density at radius 3 is 2.29 bits per heavy atom. The van der Waals surface area contributed by atoms with Crippen LogP contribution in [0.5, 0.6) is 0 Å². The van der Waals surface area contributed by atoms with Gasteiger partial charge in [-0.15, -0.1) is 0 Å². The maximum atomic E-state index is 15.5. The van der Waals surface area contributed by atoms with Gasteiger partial charge in [-0.05, 0) is 68.2 Å². The van der Waals surface area contributed by atoms with Crippen LogP contribution >= 0.6 is 15.9 Å². The van der Waals surface area contributed by atoms with Crippen LogP contribution in [0, 0.1) is 11.8 Å². The summed E-state index contributed by atoms with van der Waals surface area (Å²) in [7, 11) is 0. The number of aliphatic hydroxyl groups excluding tert-OH is 1. The van der Waals surface area contributed by atoms with E-state index in [-0.39, 0.29) is 31.8 Å². The number of ether oxygens (including phenoxy) is 2. The second-order valence-electron chi connectivity index (χ2n) is 14.4. The van der Waals surface area contributed by atoms with E-state index in [1.165, 1.54) is 4.90 Å². The number of nitrogens with zero attached hydrogens (tertiary/aromatic N) is 3. The number of rotatable bonds is 9. The topological polar surface area (TPSA) is 129 Å². The number of benzene rings is 3. The van der Waals surface area contributed by atoms with Crippen LogP contribution in [0.15, 0.2) is 108 Å². The van der Waals surface area contributed by atoms with Crippen molar-refractivity contribution in [3.63, 3.8) is 0 Å². The normalized spacial score (nSPS) is 28.0. The van der Waals surface area contributed by atoms with Crippen LogP contribution in [0.2, 0.25) is 0 Å². The Bertz CT molecular complexity index is 1940. The number of allylic oxidation sites excluding steroid dienone is 1. The summed E-state index contributed by atoms with van der Waals surface area (Å²) in [4.78, 5) is 63.3. The first-order chi connectivity index (χ1) is 26.7. The summed E-state index contributed by atoms with van der Waals surface area (Å²) in [6, 6.07) is 24.3. The molecule has 12 heteroatoms. The number of halogens is 1. The highest BCUT2D eigenvalue weighted by Gasteiger charge is 2.75. The van der Waals surface area contributed by atoms with Gasteiger partial charge in [0.1, 0.15) is 29.8 Å². The number of esters is 1. The van der Waals surface area contributed by atoms with E-state index in [9.17, 15) is 14.7 Å². The Labute approximate surface area is 330 Å². The summed E-state index contributed by atoms with van der Waals surface area (Å²) < 4.78 is 13.5. The number of carbonyl (C=O) groups excluding carboxylic acids is 4. The molecule has 11 nitrogen and oxygen atoms in total. The number of hydrogen-bond acceptors (Lipinski definition) is 8. The van der Waals surface area contributed by atoms with Crippen molar-refractivity contribution in [3.05, 3.63) is 119 Å². The van der Waals surface area contributed by atoms with Crippen LogP contribution in [-0.4, -0.2) is 90.3 Å². The molecule has 288 valence electrons. The van der Waals surface area contributed by atoms with Gasteiger partial charge in [0.15, 0.2) is 0 Å². The minimum Gasteiger partial charge on any atom is -0.455 e. The van der Waals surface area contributed by atoms with E-state index >= 15 is 9.59 Å². The molecule has 2 N–H and O–H groups in total. The van der Waals surface area contributed by atoms with Gasteiger partial charge in [0.05, 0.1) is 25.1 Å². The molecule has 55 heavy (non-hydrogen) atoms. The first-order valence-electron chi connectivity index (χ1n) is 19.1. The number of hydrogen-bond donors (Lipinski definition) is 2. The Morgan fingerprint density at radius 1 is 0.927 bits per heavy atom. The zero-order valence-electron chi connectivity index (χ0n) is 31.1. The third-order valence-electron chi connectivity index (χ3n) is 11.3. The molecule has 2 fully saturated rings. The van der Waals surface area contributed by atoms with Gasteiger partial charge in [0.2, 0.25) is 11.8 Å². The number of fused-ring (bicyclic) bond motifs is 2. The summed E-state index contributed by atoms with van der Waals surface area (Å²) >= 11 is 3.64. The van der Waals surface area contributed by atoms with Crippen molar-refractivity contribution in [1.82, 2.24) is 10.2 Å². The first-order valence-corrected chi connectivity index (χ1v) is 19.9. The van der Waals surface area contributed by atoms with Gasteiger partial charge < -0.3 is 34.6 Å². The Kier molecular flexibility index (Phi) is 11.6. The van der Waals surface area contributed by atoms with Gasteiger partial charge in [-0.1, -0.05) is 88.7 Å². The molecule has 3 amide bonds. The second kappa shape index (κ2) is 16.5. The summed E-state index contributed by atoms with van der Waals surface area (Å²) in [5.41, 5.74) is 1.63. The van der Waals surface area contributed by atoms with Crippen LogP contribution in [-0.2, 0) is 35.1 Å². The van der Waals surface area contributed by atoms with Crippen LogP contribution in [0.25, 0.3) is 0 Å². The maximum Gasteiger partial charge on any atom is 0.313 e. The summed E-state index contributed by atoms with van der Waals surface area (Å²) in [5.74, 6) is -4.00. The molecule has 1 spiro atoms. The largest absolute Gasteiger partial charge is 0.455 e. The monoisotopic (exact) mass is 810 g/mol. The Morgan fingerprint density at radius 2 is 1.62 bits per heavy atom. The molecule has 3 aromatic carbocycles. The van der Waals surface area contributed by atoms with Crippen LogP contribution < -0.4 is 15.1 Å². The molecule has 4 aliphatic rings. The molecule has 2 saturated heterocycles. The molecule has 7 atom stereocenters. The quantitative estimate of drug-likeness (QED) is 0.226. The van der Waals surface area contributed by atoms with Crippen LogP contribution in [0.3, 0.4) is 0 Å². The molecular formula is C43H47BrN4O7. The number of nitrogens with one attached hydrogen (secondary N) is 1. The van der Waals surface area contributed by atoms with Crippen LogP contribution in [0.1, 0.15) is 43.9 Å². The average molecular weight is 812 g/mol. The maximum absolute atomic E-state index is 15.5. The number of anilines is 2. The number of carbonyl (C=O) groups is 4. The predicted molar refractivity (Wildman–Crippen MR) is 212 cm³/mol. The molecule has 0 saturated carbocycles. The van der Waals surface area contributed by atoms with E-state index in [0.29, 0.717) is 22.2 Å². The second-order valence-corrected chi connectivity index (χ2v) is 15.3. The fourth-order valence-corrected chi connectivity index (χ4v) is 9.30. The summed E-state index contributed by atoms with van der Waals surface area (Å²) in [6.07, 6.45) is 4.64. The molecule has 0 aromatic heterocycles. The van der Waals surface area contributed by atoms with E-state index < -0.39 is 66.1 Å². The third kappa shape index (κ3) is 7.35. The van der Waals surface area contributed by atoms with Gasteiger partial charge in [-0.2, -0.15) is 0 Å². The highest BCUT2D eigenvalue weighted by atomic mass is 79.9. The average Bonchev–Trinajstić information content (AvgIpc) is 3.81. The molecule has 0 unspecified atom stereocenters. The van der Waals surface area contributed by atoms with E-state index in [1.807, 2.05) is 97.1 Å². The molecule has 0 radical (unpaired) electrons. The van der Waals surface area contributed by atoms with Crippen molar-refractivity contribution in [2.75, 3.05) is 42.6 Å². The SMILES string of the molecule is CCN(CC)c1ccc(N2C/C=C\CCC(=O)NC[C@H](c3ccccc3)OC(=O)[C@H]3[C@@H]4O[C@@]5(C=C4Br)[C@@H]3C(=O)N([C@@H](CO)Cc3ccccc3)[C@@H]5C2=O)cc1. The van der Waals surface area contributed by atoms with Gasteiger partial charge in [0, 0.05) is 41.9 Å². The highest BCUT2D eigenvalue weighted by molar-refractivity contribution is 9.11. The van der Waals surface area contributed by atoms with E-state index in [2.05, 4.69) is 40.0 Å². The van der Waals surface area contributed by atoms with Gasteiger partial charge in [-0.25, -0.2) is 0 Å². The Hall–Kier alpha value is -4.78. The van der Waals surface area contributed by atoms with Crippen molar-refractivity contribution < 1.29 is 33.8 Å². The van der Waals surface area contributed by atoms with Gasteiger partial charge in [0.25, 0.3) is 5.91 Å². The number of aliphatic hydroxyl groups is 1. The van der Waals surface area contributed by atoms with Crippen molar-refractivity contribution >= 4 is 51.0 Å². The lowest BCUT2D eigenvalue weighted by Gasteiger charge is -2.39. The molecule has 0 aliphatic carbocycles. The fourth-order valence-electron chi connectivity index (χ4n) is 8.56. The molecular weight excluding hydrogens is 764 g/mol. The molecule has 4 heterocycles. The van der Waals surface area contributed by atoms with Crippen molar-refractivity contribution in [2.45, 2.75) is 63.0 Å². The molecule has 7 rings (SSSR count). The van der Waals surface area contributed by atoms with E-state index in [4.69, 9.17) is 9.47 Å². The summed E-state index contributed by atoms with van der Waals surface area (Å²) in [6.45, 7) is 5.55. The Balaban J connectivity index is 1.35. The van der Waals surface area contributed by atoms with Gasteiger partial charge in [-0.3, -0.25) is 19.2 Å². The zero-order valence-corrected chi connectivity index (χ0v) is 32.6. The highest BCUT2D eigenvalue weighted by Crippen LogP contribution is 2.59. The fraction of sp³-hybridized carbons (Fsp3) is 0.395. The minimum absolute atomic E-state index is 0.0332. The predicted octanol–water partition coefficient (Wildman–Crippen LogP) is 5.09. The van der Waals surface area contributed by atoms with Gasteiger partial charge >= 0.3 is 5.97 Å². The van der Waals surface area contributed by atoms with Crippen molar-refractivity contribution in [1.29, 1.82) is 0 Å². The lowest BCUT2D eigenvalue weighted by Crippen LogP contribution is -2.59. The smallest absolute Gasteiger partial charge is 0.313 e. The van der Waals surface area contributed by atoms with Crippen molar-refractivity contribution in [2.24, 2.45) is 11.8 Å². The zero-order chi connectivity index (χ0) is 38.7.